The summed E-state index contributed by atoms with van der Waals surface area (Å²) in [6.45, 7) is 7.38. The molecule has 0 bridgehead atoms. The number of alkyl halides is 1. The molecule has 4 aliphatic carbocycles. The molecule has 5 rings (SSSR count). The molecule has 0 heterocycles. The lowest BCUT2D eigenvalue weighted by atomic mass is 9.43. The number of carbonyl (C=O) groups is 2. The quantitative estimate of drug-likeness (QED) is 0.256. The van der Waals surface area contributed by atoms with Gasteiger partial charge in [0.1, 0.15) is 12.7 Å². The van der Waals surface area contributed by atoms with E-state index in [1.165, 1.54) is 12.8 Å². The van der Waals surface area contributed by atoms with Gasteiger partial charge in [0, 0.05) is 6.42 Å². The van der Waals surface area contributed by atoms with Gasteiger partial charge in [-0.05, 0) is 110 Å². The first kappa shape index (κ1) is 29.7. The highest BCUT2D eigenvalue weighted by Crippen LogP contribution is 2.68. The van der Waals surface area contributed by atoms with Crippen LogP contribution < -0.4 is 0 Å². The van der Waals surface area contributed by atoms with Gasteiger partial charge in [-0.3, -0.25) is 4.79 Å². The van der Waals surface area contributed by atoms with Crippen molar-refractivity contribution in [1.29, 1.82) is 0 Å². The largest absolute Gasteiger partial charge is 0.509 e. The van der Waals surface area contributed by atoms with E-state index >= 15 is 0 Å². The molecule has 1 aromatic rings. The zero-order valence-electron chi connectivity index (χ0n) is 24.4. The van der Waals surface area contributed by atoms with E-state index in [2.05, 4.69) is 20.8 Å². The fourth-order valence-corrected chi connectivity index (χ4v) is 9.91. The van der Waals surface area contributed by atoms with Gasteiger partial charge in [0.05, 0.1) is 6.10 Å². The molecule has 0 radical (unpaired) electrons. The van der Waals surface area contributed by atoms with Crippen molar-refractivity contribution < 1.29 is 28.9 Å². The Balaban J connectivity index is 1.19. The molecule has 0 spiro atoms. The minimum absolute atomic E-state index is 0.108. The Morgan fingerprint density at radius 1 is 1.02 bits per heavy atom. The second kappa shape index (κ2) is 12.2. The molecule has 222 valence electrons. The van der Waals surface area contributed by atoms with Gasteiger partial charge in [-0.2, -0.15) is 0 Å². The normalized spacial score (nSPS) is 39.3. The van der Waals surface area contributed by atoms with Gasteiger partial charge in [-0.25, -0.2) is 4.79 Å². The smallest absolute Gasteiger partial charge is 0.461 e. The van der Waals surface area contributed by atoms with Gasteiger partial charge in [0.25, 0.3) is 0 Å². The van der Waals surface area contributed by atoms with E-state index in [0.717, 1.165) is 50.5 Å². The summed E-state index contributed by atoms with van der Waals surface area (Å²) in [6.07, 6.45) is 8.32. The molecule has 0 aliphatic heterocycles. The molecule has 4 aliphatic rings. The summed E-state index contributed by atoms with van der Waals surface area (Å²) in [5, 5.41) is 11.8. The van der Waals surface area contributed by atoms with Crippen LogP contribution in [0.4, 0.5) is 4.79 Å². The van der Waals surface area contributed by atoms with Crippen molar-refractivity contribution in [2.75, 3.05) is 6.07 Å². The lowest BCUT2D eigenvalue weighted by Gasteiger charge is -2.62. The Morgan fingerprint density at radius 3 is 2.55 bits per heavy atom. The number of aliphatic hydroxyl groups is 1. The summed E-state index contributed by atoms with van der Waals surface area (Å²) in [4.78, 5) is 24.4. The summed E-state index contributed by atoms with van der Waals surface area (Å²) in [7, 11) is 0. The monoisotopic (exact) mass is 574 g/mol. The summed E-state index contributed by atoms with van der Waals surface area (Å²) >= 11 is 5.52. The standard InChI is InChI=1S/C33H47ClO6/c1-21(9-14-30(36)38-19-22-7-5-4-6-8-22)26-12-13-27-25-11-10-23-17-24(40-31(37)39-20-34)15-16-32(23,2)28(25)18-29(35)33(26,27)3/h4-8,21,23-29,35H,9-20H2,1-3H3/t21-,23-,24-,25?,26?,27?,28?,29+,32+,33-/m1/s1. The van der Waals surface area contributed by atoms with E-state index in [4.69, 9.17) is 25.8 Å². The highest BCUT2D eigenvalue weighted by atomic mass is 35.5. The number of hydrogen-bond donors (Lipinski definition) is 1. The first-order valence-corrected chi connectivity index (χ1v) is 16.0. The van der Waals surface area contributed by atoms with Crippen molar-refractivity contribution in [3.05, 3.63) is 35.9 Å². The van der Waals surface area contributed by atoms with Crippen LogP contribution in [0.2, 0.25) is 0 Å². The number of ether oxygens (including phenoxy) is 3. The predicted molar refractivity (Wildman–Crippen MR) is 153 cm³/mol. The van der Waals surface area contributed by atoms with Gasteiger partial charge in [0.15, 0.2) is 6.07 Å². The van der Waals surface area contributed by atoms with Crippen molar-refractivity contribution in [2.45, 2.75) is 104 Å². The lowest BCUT2D eigenvalue weighted by Crippen LogP contribution is -2.59. The summed E-state index contributed by atoms with van der Waals surface area (Å²) in [6, 6.07) is 9.63. The molecule has 1 aromatic carbocycles. The molecule has 40 heavy (non-hydrogen) atoms. The molecule has 6 nitrogen and oxygen atoms in total. The van der Waals surface area contributed by atoms with E-state index in [9.17, 15) is 14.7 Å². The highest BCUT2D eigenvalue weighted by molar-refractivity contribution is 6.17. The number of benzene rings is 1. The van der Waals surface area contributed by atoms with Gasteiger partial charge in [-0.1, -0.05) is 62.7 Å². The first-order chi connectivity index (χ1) is 19.2. The van der Waals surface area contributed by atoms with Gasteiger partial charge in [0.2, 0.25) is 0 Å². The van der Waals surface area contributed by atoms with Crippen LogP contribution in [0.5, 0.6) is 0 Å². The second-order valence-corrected chi connectivity index (χ2v) is 13.9. The van der Waals surface area contributed by atoms with Crippen LogP contribution in [0.3, 0.4) is 0 Å². The number of fused-ring (bicyclic) bond motifs is 5. The topological polar surface area (TPSA) is 82.1 Å². The van der Waals surface area contributed by atoms with E-state index in [0.29, 0.717) is 48.5 Å². The van der Waals surface area contributed by atoms with E-state index < -0.39 is 6.16 Å². The SMILES string of the molecule is C[C@H](CCC(=O)OCc1ccccc1)C1CCC2C3CC[C@@H]4C[C@H](OC(=O)OCCl)CC[C@]4(C)C3C[C@H](O)[C@@]21C. The molecular formula is C33H47ClO6. The zero-order valence-corrected chi connectivity index (χ0v) is 25.1. The first-order valence-electron chi connectivity index (χ1n) is 15.4. The Kier molecular flexibility index (Phi) is 9.06. The van der Waals surface area contributed by atoms with E-state index in [1.54, 1.807) is 0 Å². The van der Waals surface area contributed by atoms with Crippen LogP contribution in [0, 0.1) is 46.3 Å². The van der Waals surface area contributed by atoms with E-state index in [-0.39, 0.29) is 35.1 Å². The minimum atomic E-state index is -0.670. The molecule has 0 saturated heterocycles. The molecular weight excluding hydrogens is 528 g/mol. The Morgan fingerprint density at radius 2 is 1.80 bits per heavy atom. The molecule has 0 aromatic heterocycles. The van der Waals surface area contributed by atoms with Crippen molar-refractivity contribution in [3.63, 3.8) is 0 Å². The maximum Gasteiger partial charge on any atom is 0.509 e. The predicted octanol–water partition coefficient (Wildman–Crippen LogP) is 7.49. The molecule has 4 saturated carbocycles. The molecule has 10 atom stereocenters. The van der Waals surface area contributed by atoms with Crippen LogP contribution in [0.25, 0.3) is 0 Å². The third-order valence-electron chi connectivity index (χ3n) is 12.0. The molecule has 4 unspecified atom stereocenters. The number of esters is 1. The molecule has 4 fully saturated rings. The zero-order chi connectivity index (χ0) is 28.5. The van der Waals surface area contributed by atoms with Crippen molar-refractivity contribution in [2.24, 2.45) is 46.3 Å². The number of halogens is 1. The van der Waals surface area contributed by atoms with Crippen LogP contribution in [-0.4, -0.2) is 35.5 Å². The number of rotatable bonds is 8. The van der Waals surface area contributed by atoms with Gasteiger partial charge >= 0.3 is 12.1 Å². The van der Waals surface area contributed by atoms with Crippen molar-refractivity contribution >= 4 is 23.7 Å². The van der Waals surface area contributed by atoms with Crippen molar-refractivity contribution in [1.82, 2.24) is 0 Å². The number of carbonyl (C=O) groups excluding carboxylic acids is 2. The number of hydrogen-bond acceptors (Lipinski definition) is 6. The van der Waals surface area contributed by atoms with Crippen LogP contribution in [0.15, 0.2) is 30.3 Å². The fraction of sp³-hybridized carbons (Fsp3) is 0.758. The third-order valence-corrected chi connectivity index (χ3v) is 12.1. The van der Waals surface area contributed by atoms with Gasteiger partial charge in [-0.15, -0.1) is 0 Å². The second-order valence-electron chi connectivity index (χ2n) is 13.6. The summed E-state index contributed by atoms with van der Waals surface area (Å²) in [5.74, 6) is 2.77. The average Bonchev–Trinajstić information content (AvgIpc) is 3.31. The highest BCUT2D eigenvalue weighted by Gasteiger charge is 2.63. The van der Waals surface area contributed by atoms with Crippen LogP contribution in [-0.2, 0) is 25.6 Å². The Hall–Kier alpha value is -1.79. The van der Waals surface area contributed by atoms with E-state index in [1.807, 2.05) is 30.3 Å². The Labute approximate surface area is 244 Å². The molecule has 7 heteroatoms. The van der Waals surface area contributed by atoms with Crippen LogP contribution in [0.1, 0.15) is 90.5 Å². The van der Waals surface area contributed by atoms with Crippen molar-refractivity contribution in [3.8, 4) is 0 Å². The third kappa shape index (κ3) is 5.64. The molecule has 0 amide bonds. The maximum atomic E-state index is 12.5. The fourth-order valence-electron chi connectivity index (χ4n) is 9.82. The van der Waals surface area contributed by atoms with Gasteiger partial charge < -0.3 is 19.3 Å². The molecule has 1 N–H and O–H groups in total. The lowest BCUT2D eigenvalue weighted by molar-refractivity contribution is -0.176. The Bertz CT molecular complexity index is 1030. The average molecular weight is 575 g/mol. The maximum absolute atomic E-state index is 12.5. The minimum Gasteiger partial charge on any atom is -0.461 e. The number of aliphatic hydroxyl groups excluding tert-OH is 1. The summed E-state index contributed by atoms with van der Waals surface area (Å²) < 4.78 is 15.9. The summed E-state index contributed by atoms with van der Waals surface area (Å²) in [5.41, 5.74) is 1.06. The van der Waals surface area contributed by atoms with Crippen LogP contribution >= 0.6 is 11.6 Å².